The monoisotopic (exact) mass is 498 g/mol. The molecule has 2 heterocycles. The van der Waals surface area contributed by atoms with Gasteiger partial charge >= 0.3 is 5.97 Å². The van der Waals surface area contributed by atoms with Crippen LogP contribution in [-0.2, 0) is 11.2 Å². The summed E-state index contributed by atoms with van der Waals surface area (Å²) in [6, 6.07) is 16.4. The van der Waals surface area contributed by atoms with Crippen molar-refractivity contribution in [3.05, 3.63) is 71.5 Å². The van der Waals surface area contributed by atoms with Crippen LogP contribution >= 0.6 is 0 Å². The van der Waals surface area contributed by atoms with E-state index in [0.29, 0.717) is 45.4 Å². The lowest BCUT2D eigenvalue weighted by atomic mass is 9.85. The number of hydrogen-bond donors (Lipinski definition) is 1. The zero-order valence-electron chi connectivity index (χ0n) is 21.6. The van der Waals surface area contributed by atoms with Gasteiger partial charge in [0.2, 0.25) is 0 Å². The van der Waals surface area contributed by atoms with E-state index >= 15 is 4.39 Å². The van der Waals surface area contributed by atoms with Crippen molar-refractivity contribution < 1.29 is 18.7 Å². The third-order valence-electron chi connectivity index (χ3n) is 8.20. The molecule has 4 rings (SSSR count). The van der Waals surface area contributed by atoms with E-state index in [4.69, 9.17) is 0 Å². The lowest BCUT2D eigenvalue weighted by Gasteiger charge is -2.38. The number of aliphatic carboxylic acids is 1. The Morgan fingerprint density at radius 2 is 1.81 bits per heavy atom. The van der Waals surface area contributed by atoms with Crippen LogP contribution in [0.2, 0.25) is 0 Å². The van der Waals surface area contributed by atoms with Crippen molar-refractivity contribution in [3.63, 3.8) is 0 Å². The molecular formula is C30H40F2N2O2. The molecule has 1 N–H and O–H groups in total. The fourth-order valence-electron chi connectivity index (χ4n) is 6.27. The predicted octanol–water partition coefficient (Wildman–Crippen LogP) is 5.78. The van der Waals surface area contributed by atoms with Crippen LogP contribution < -0.4 is 0 Å². The number of carboxylic acid groups (broad SMARTS) is 1. The maximum atomic E-state index is 15.6. The molecule has 36 heavy (non-hydrogen) atoms. The van der Waals surface area contributed by atoms with E-state index in [-0.39, 0.29) is 23.6 Å². The van der Waals surface area contributed by atoms with Gasteiger partial charge in [-0.1, -0.05) is 56.3 Å². The van der Waals surface area contributed by atoms with Gasteiger partial charge in [-0.05, 0) is 67.2 Å². The van der Waals surface area contributed by atoms with Crippen LogP contribution in [0.4, 0.5) is 8.78 Å². The molecule has 2 unspecified atom stereocenters. The van der Waals surface area contributed by atoms with Crippen LogP contribution in [0.5, 0.6) is 0 Å². The number of carboxylic acids is 1. The molecule has 0 aliphatic carbocycles. The minimum absolute atomic E-state index is 0.0209. The second-order valence-electron chi connectivity index (χ2n) is 11.2. The van der Waals surface area contributed by atoms with Gasteiger partial charge in [0.25, 0.3) is 0 Å². The fraction of sp³-hybridized carbons (Fsp3) is 0.567. The Kier molecular flexibility index (Phi) is 8.78. The highest BCUT2D eigenvalue weighted by molar-refractivity contribution is 5.73. The van der Waals surface area contributed by atoms with Crippen molar-refractivity contribution in [2.75, 3.05) is 32.7 Å². The molecular weight excluding hydrogens is 458 g/mol. The van der Waals surface area contributed by atoms with Crippen molar-refractivity contribution in [2.45, 2.75) is 63.6 Å². The molecule has 0 aromatic heterocycles. The van der Waals surface area contributed by atoms with E-state index in [1.807, 2.05) is 38.1 Å². The van der Waals surface area contributed by atoms with Crippen LogP contribution in [-0.4, -0.2) is 65.3 Å². The second-order valence-corrected chi connectivity index (χ2v) is 11.2. The summed E-state index contributed by atoms with van der Waals surface area (Å²) in [5.41, 5.74) is 1.07. The number of alkyl halides is 1. The topological polar surface area (TPSA) is 43.8 Å². The van der Waals surface area contributed by atoms with Gasteiger partial charge in [0.05, 0.1) is 0 Å². The summed E-state index contributed by atoms with van der Waals surface area (Å²) >= 11 is 0. The molecule has 6 heteroatoms. The SMILES string of the molecule is CC(C)[C@H](C(=O)O)N1CC(CN2CCC(F)(CCCc3ccccc3)CC2)C(c2cccc(F)c2)C1. The first-order valence-electron chi connectivity index (χ1n) is 13.4. The Labute approximate surface area is 214 Å². The standard InChI is InChI=1S/C30H40F2N2O2/c1-22(2)28(29(35)36)34-20-25(27(21-34)24-11-6-12-26(31)18-24)19-33-16-14-30(32,15-17-33)13-7-10-23-8-4-3-5-9-23/h3-6,8-9,11-12,18,22,25,27-28H,7,10,13-17,19-21H2,1-2H3,(H,35,36)/t25?,27?,28-/m1/s1. The molecule has 0 saturated carbocycles. The fourth-order valence-corrected chi connectivity index (χ4v) is 6.27. The average Bonchev–Trinajstić information content (AvgIpc) is 3.24. The number of hydrogen-bond acceptors (Lipinski definition) is 3. The third kappa shape index (κ3) is 6.71. The Balaban J connectivity index is 1.37. The molecule has 2 aliphatic rings. The third-order valence-corrected chi connectivity index (χ3v) is 8.20. The summed E-state index contributed by atoms with van der Waals surface area (Å²) in [4.78, 5) is 16.4. The highest BCUT2D eigenvalue weighted by Gasteiger charge is 2.42. The van der Waals surface area contributed by atoms with Gasteiger partial charge in [-0.15, -0.1) is 0 Å². The van der Waals surface area contributed by atoms with Crippen molar-refractivity contribution in [3.8, 4) is 0 Å². The minimum atomic E-state index is -1.11. The number of benzene rings is 2. The van der Waals surface area contributed by atoms with Crippen LogP contribution in [0.25, 0.3) is 0 Å². The maximum absolute atomic E-state index is 15.6. The number of halogens is 2. The number of rotatable bonds is 10. The van der Waals surface area contributed by atoms with Crippen molar-refractivity contribution in [2.24, 2.45) is 11.8 Å². The van der Waals surface area contributed by atoms with Crippen molar-refractivity contribution >= 4 is 5.97 Å². The van der Waals surface area contributed by atoms with E-state index in [2.05, 4.69) is 21.9 Å². The van der Waals surface area contributed by atoms with E-state index < -0.39 is 17.7 Å². The maximum Gasteiger partial charge on any atom is 0.321 e. The van der Waals surface area contributed by atoms with E-state index in [1.165, 1.54) is 11.6 Å². The molecule has 2 saturated heterocycles. The van der Waals surface area contributed by atoms with Crippen LogP contribution in [0.15, 0.2) is 54.6 Å². The summed E-state index contributed by atoms with van der Waals surface area (Å²) in [5, 5.41) is 9.86. The molecule has 0 amide bonds. The lowest BCUT2D eigenvalue weighted by Crippen LogP contribution is -2.45. The second kappa shape index (κ2) is 11.8. The van der Waals surface area contributed by atoms with Gasteiger partial charge in [0.15, 0.2) is 0 Å². The number of piperidine rings is 1. The summed E-state index contributed by atoms with van der Waals surface area (Å²) in [6.45, 7) is 7.33. The van der Waals surface area contributed by atoms with Gasteiger partial charge in [-0.3, -0.25) is 9.69 Å². The molecule has 0 bridgehead atoms. The molecule has 2 aromatic carbocycles. The Hall–Kier alpha value is -2.31. The van der Waals surface area contributed by atoms with Gasteiger partial charge < -0.3 is 10.0 Å². The van der Waals surface area contributed by atoms with Crippen molar-refractivity contribution in [1.29, 1.82) is 0 Å². The Morgan fingerprint density at radius 3 is 2.44 bits per heavy atom. The van der Waals surface area contributed by atoms with Crippen molar-refractivity contribution in [1.82, 2.24) is 9.80 Å². The minimum Gasteiger partial charge on any atom is -0.480 e. The van der Waals surface area contributed by atoms with Crippen LogP contribution in [0.3, 0.4) is 0 Å². The van der Waals surface area contributed by atoms with Crippen LogP contribution in [0.1, 0.15) is 56.6 Å². The van der Waals surface area contributed by atoms with Crippen LogP contribution in [0, 0.1) is 17.7 Å². The quantitative estimate of drug-likeness (QED) is 0.451. The Morgan fingerprint density at radius 1 is 1.08 bits per heavy atom. The van der Waals surface area contributed by atoms with Gasteiger partial charge in [-0.25, -0.2) is 8.78 Å². The van der Waals surface area contributed by atoms with Gasteiger partial charge in [-0.2, -0.15) is 0 Å². The van der Waals surface area contributed by atoms with E-state index in [9.17, 15) is 14.3 Å². The highest BCUT2D eigenvalue weighted by Crippen LogP contribution is 2.38. The predicted molar refractivity (Wildman–Crippen MR) is 139 cm³/mol. The number of carbonyl (C=O) groups is 1. The zero-order chi connectivity index (χ0) is 25.7. The lowest BCUT2D eigenvalue weighted by molar-refractivity contribution is -0.144. The molecule has 2 aliphatic heterocycles. The van der Waals surface area contributed by atoms with Gasteiger partial charge in [0, 0.05) is 38.6 Å². The molecule has 3 atom stereocenters. The van der Waals surface area contributed by atoms with E-state index in [0.717, 1.165) is 24.9 Å². The molecule has 0 radical (unpaired) electrons. The van der Waals surface area contributed by atoms with E-state index in [1.54, 1.807) is 12.1 Å². The molecule has 0 spiro atoms. The number of aryl methyl sites for hydroxylation is 1. The average molecular weight is 499 g/mol. The summed E-state index contributed by atoms with van der Waals surface area (Å²) in [7, 11) is 0. The first kappa shape index (κ1) is 26.7. The first-order valence-corrected chi connectivity index (χ1v) is 13.4. The summed E-state index contributed by atoms with van der Waals surface area (Å²) < 4.78 is 29.6. The summed E-state index contributed by atoms with van der Waals surface area (Å²) in [5.74, 6) is -0.854. The van der Waals surface area contributed by atoms with Gasteiger partial charge in [0.1, 0.15) is 17.5 Å². The smallest absolute Gasteiger partial charge is 0.321 e. The molecule has 2 fully saturated rings. The number of nitrogens with zero attached hydrogens (tertiary/aromatic N) is 2. The largest absolute Gasteiger partial charge is 0.480 e. The molecule has 4 nitrogen and oxygen atoms in total. The zero-order valence-corrected chi connectivity index (χ0v) is 21.6. The first-order chi connectivity index (χ1) is 17.2. The molecule has 2 aromatic rings. The molecule has 196 valence electrons. The number of likely N-dealkylation sites (tertiary alicyclic amines) is 2. The summed E-state index contributed by atoms with van der Waals surface area (Å²) in [6.07, 6.45) is 3.42. The highest BCUT2D eigenvalue weighted by atomic mass is 19.1. The normalized spacial score (nSPS) is 23.7. The Bertz CT molecular complexity index is 991.